The molecule has 1 saturated heterocycles. The Balaban J connectivity index is 1.84. The number of carbonyl (C=O) groups is 1. The second kappa shape index (κ2) is 4.99. The van der Waals surface area contributed by atoms with Crippen molar-refractivity contribution in [2.24, 2.45) is 0 Å². The summed E-state index contributed by atoms with van der Waals surface area (Å²) >= 11 is 0. The molecule has 0 radical (unpaired) electrons. The van der Waals surface area contributed by atoms with Gasteiger partial charge >= 0.3 is 6.09 Å². The van der Waals surface area contributed by atoms with Crippen molar-refractivity contribution in [3.05, 3.63) is 35.9 Å². The molecule has 2 rings (SSSR count). The molecule has 0 bridgehead atoms. The Labute approximate surface area is 94.4 Å². The first-order chi connectivity index (χ1) is 7.77. The number of hydrogen-bond donors (Lipinski definition) is 1. The van der Waals surface area contributed by atoms with Crippen LogP contribution in [0.2, 0.25) is 0 Å². The van der Waals surface area contributed by atoms with Gasteiger partial charge in [0.15, 0.2) is 0 Å². The molecule has 1 aliphatic heterocycles. The van der Waals surface area contributed by atoms with Gasteiger partial charge in [0.25, 0.3) is 0 Å². The Morgan fingerprint density at radius 3 is 2.81 bits per heavy atom. The van der Waals surface area contributed by atoms with Gasteiger partial charge in [0.05, 0.1) is 0 Å². The Kier molecular flexibility index (Phi) is 3.41. The van der Waals surface area contributed by atoms with Gasteiger partial charge in [0, 0.05) is 6.54 Å². The maximum atomic E-state index is 11.6. The van der Waals surface area contributed by atoms with Crippen molar-refractivity contribution in [3.63, 3.8) is 0 Å². The molecule has 86 valence electrons. The molecule has 0 saturated carbocycles. The van der Waals surface area contributed by atoms with E-state index in [0.29, 0.717) is 13.0 Å². The molecule has 1 aromatic carbocycles. The minimum atomic E-state index is -0.678. The van der Waals surface area contributed by atoms with Gasteiger partial charge in [0.2, 0.25) is 0 Å². The summed E-state index contributed by atoms with van der Waals surface area (Å²) in [5.41, 5.74) is 0.949. The first-order valence-electron chi connectivity index (χ1n) is 5.43. The van der Waals surface area contributed by atoms with E-state index in [1.807, 2.05) is 30.3 Å². The minimum Gasteiger partial charge on any atom is -0.444 e. The van der Waals surface area contributed by atoms with E-state index >= 15 is 0 Å². The fourth-order valence-electron chi connectivity index (χ4n) is 1.76. The van der Waals surface area contributed by atoms with Gasteiger partial charge in [-0.1, -0.05) is 30.3 Å². The van der Waals surface area contributed by atoms with E-state index in [2.05, 4.69) is 0 Å². The van der Waals surface area contributed by atoms with Gasteiger partial charge in [-0.2, -0.15) is 0 Å². The van der Waals surface area contributed by atoms with E-state index < -0.39 is 12.3 Å². The number of likely N-dealkylation sites (tertiary alicyclic amines) is 1. The third-order valence-corrected chi connectivity index (χ3v) is 2.66. The second-order valence-electron chi connectivity index (χ2n) is 3.86. The summed E-state index contributed by atoms with van der Waals surface area (Å²) < 4.78 is 5.11. The Bertz CT molecular complexity index is 353. The highest BCUT2D eigenvalue weighted by atomic mass is 16.6. The highest BCUT2D eigenvalue weighted by Crippen LogP contribution is 2.16. The number of amides is 1. The zero-order valence-electron chi connectivity index (χ0n) is 9.00. The fraction of sp³-hybridized carbons (Fsp3) is 0.417. The fourth-order valence-corrected chi connectivity index (χ4v) is 1.76. The van der Waals surface area contributed by atoms with Crippen LogP contribution in [0.25, 0.3) is 0 Å². The van der Waals surface area contributed by atoms with Crippen LogP contribution in [0.4, 0.5) is 4.79 Å². The van der Waals surface area contributed by atoms with E-state index in [1.165, 1.54) is 4.90 Å². The molecule has 0 unspecified atom stereocenters. The third kappa shape index (κ3) is 2.52. The predicted octanol–water partition coefficient (Wildman–Crippen LogP) is 1.74. The zero-order valence-corrected chi connectivity index (χ0v) is 9.00. The number of nitrogens with zero attached hydrogens (tertiary/aromatic N) is 1. The third-order valence-electron chi connectivity index (χ3n) is 2.66. The molecule has 1 aliphatic rings. The molecule has 1 heterocycles. The minimum absolute atomic E-state index is 0.253. The van der Waals surface area contributed by atoms with Crippen molar-refractivity contribution in [3.8, 4) is 0 Å². The van der Waals surface area contributed by atoms with Gasteiger partial charge in [-0.15, -0.1) is 0 Å². The normalized spacial score (nSPS) is 19.8. The smallest absolute Gasteiger partial charge is 0.412 e. The van der Waals surface area contributed by atoms with Crippen LogP contribution < -0.4 is 0 Å². The van der Waals surface area contributed by atoms with Crippen LogP contribution in [0.5, 0.6) is 0 Å². The van der Waals surface area contributed by atoms with Crippen LogP contribution >= 0.6 is 0 Å². The quantitative estimate of drug-likeness (QED) is 0.827. The molecule has 0 aromatic heterocycles. The summed E-state index contributed by atoms with van der Waals surface area (Å²) in [6.07, 6.45) is 0.360. The number of benzene rings is 1. The van der Waals surface area contributed by atoms with Crippen molar-refractivity contribution in [2.45, 2.75) is 25.7 Å². The van der Waals surface area contributed by atoms with E-state index in [0.717, 1.165) is 12.0 Å². The van der Waals surface area contributed by atoms with Crippen LogP contribution in [0, 0.1) is 0 Å². The molecule has 1 atom stereocenters. The summed E-state index contributed by atoms with van der Waals surface area (Å²) in [5.74, 6) is 0. The van der Waals surface area contributed by atoms with E-state index in [4.69, 9.17) is 4.74 Å². The number of ether oxygens (including phenoxy) is 1. The monoisotopic (exact) mass is 221 g/mol. The predicted molar refractivity (Wildman–Crippen MR) is 58.6 cm³/mol. The summed E-state index contributed by atoms with van der Waals surface area (Å²) in [7, 11) is 0. The SMILES string of the molecule is O=C(OCc1ccccc1)N1CCC[C@@H]1O. The van der Waals surface area contributed by atoms with E-state index in [-0.39, 0.29) is 6.61 Å². The molecular weight excluding hydrogens is 206 g/mol. The van der Waals surface area contributed by atoms with Crippen molar-refractivity contribution in [2.75, 3.05) is 6.54 Å². The average Bonchev–Trinajstić information content (AvgIpc) is 2.74. The number of rotatable bonds is 2. The highest BCUT2D eigenvalue weighted by Gasteiger charge is 2.27. The maximum absolute atomic E-state index is 11.6. The largest absolute Gasteiger partial charge is 0.444 e. The Morgan fingerprint density at radius 1 is 1.44 bits per heavy atom. The molecule has 0 spiro atoms. The number of aliphatic hydroxyl groups excluding tert-OH is 1. The molecule has 16 heavy (non-hydrogen) atoms. The van der Waals surface area contributed by atoms with Crippen LogP contribution in [0.15, 0.2) is 30.3 Å². The Morgan fingerprint density at radius 2 is 2.19 bits per heavy atom. The van der Waals surface area contributed by atoms with Gasteiger partial charge < -0.3 is 9.84 Å². The number of aliphatic hydroxyl groups is 1. The van der Waals surface area contributed by atoms with Crippen LogP contribution in [0.3, 0.4) is 0 Å². The van der Waals surface area contributed by atoms with Crippen LogP contribution in [0.1, 0.15) is 18.4 Å². The topological polar surface area (TPSA) is 49.8 Å². The van der Waals surface area contributed by atoms with Gasteiger partial charge in [-0.25, -0.2) is 4.79 Å². The first-order valence-corrected chi connectivity index (χ1v) is 5.43. The highest BCUT2D eigenvalue weighted by molar-refractivity contribution is 5.68. The zero-order chi connectivity index (χ0) is 11.4. The van der Waals surface area contributed by atoms with Crippen LogP contribution in [-0.4, -0.2) is 28.9 Å². The lowest BCUT2D eigenvalue weighted by Gasteiger charge is -2.19. The number of carbonyl (C=O) groups excluding carboxylic acids is 1. The molecule has 1 fully saturated rings. The number of hydrogen-bond acceptors (Lipinski definition) is 3. The van der Waals surface area contributed by atoms with Gasteiger partial charge in [-0.05, 0) is 18.4 Å². The summed E-state index contributed by atoms with van der Waals surface area (Å²) in [6.45, 7) is 0.831. The van der Waals surface area contributed by atoms with Crippen molar-refractivity contribution in [1.29, 1.82) is 0 Å². The molecule has 1 aromatic rings. The maximum Gasteiger partial charge on any atom is 0.412 e. The molecule has 0 aliphatic carbocycles. The molecule has 1 N–H and O–H groups in total. The standard InChI is InChI=1S/C12H15NO3/c14-11-7-4-8-13(11)12(15)16-9-10-5-2-1-3-6-10/h1-3,5-6,11,14H,4,7-9H2/t11-/m0/s1. The lowest BCUT2D eigenvalue weighted by atomic mass is 10.2. The van der Waals surface area contributed by atoms with E-state index in [9.17, 15) is 9.90 Å². The van der Waals surface area contributed by atoms with Gasteiger partial charge in [0.1, 0.15) is 12.8 Å². The lowest BCUT2D eigenvalue weighted by molar-refractivity contribution is 0.0220. The van der Waals surface area contributed by atoms with Crippen molar-refractivity contribution < 1.29 is 14.6 Å². The van der Waals surface area contributed by atoms with E-state index in [1.54, 1.807) is 0 Å². The van der Waals surface area contributed by atoms with Crippen LogP contribution in [-0.2, 0) is 11.3 Å². The summed E-state index contributed by atoms with van der Waals surface area (Å²) in [4.78, 5) is 12.9. The summed E-state index contributed by atoms with van der Waals surface area (Å²) in [6, 6.07) is 9.50. The van der Waals surface area contributed by atoms with Crippen molar-refractivity contribution in [1.82, 2.24) is 4.90 Å². The lowest BCUT2D eigenvalue weighted by Crippen LogP contribution is -2.35. The molecule has 4 nitrogen and oxygen atoms in total. The first kappa shape index (κ1) is 11.0. The Hall–Kier alpha value is -1.55. The van der Waals surface area contributed by atoms with Gasteiger partial charge in [-0.3, -0.25) is 4.90 Å². The van der Waals surface area contributed by atoms with Crippen molar-refractivity contribution >= 4 is 6.09 Å². The second-order valence-corrected chi connectivity index (χ2v) is 3.86. The molecular formula is C12H15NO3. The molecule has 1 amide bonds. The molecule has 4 heteroatoms. The average molecular weight is 221 g/mol. The summed E-state index contributed by atoms with van der Waals surface area (Å²) in [5, 5.41) is 9.48.